The number of rotatable bonds is 6. The lowest BCUT2D eigenvalue weighted by molar-refractivity contribution is -0.167. The fourth-order valence-corrected chi connectivity index (χ4v) is 8.39. The third-order valence-corrected chi connectivity index (χ3v) is 10.1. The molecule has 1 N–H and O–H groups in total. The summed E-state index contributed by atoms with van der Waals surface area (Å²) < 4.78 is 39.3. The molecular formula is C28H22ClF3N2OP+. The van der Waals surface area contributed by atoms with Crippen LogP contribution < -0.4 is 21.2 Å². The topological polar surface area (TPSA) is 52.9 Å². The fraction of sp³-hybridized carbons (Fsp3) is 0.0714. The van der Waals surface area contributed by atoms with Crippen molar-refractivity contribution in [2.75, 3.05) is 5.32 Å². The minimum absolute atomic E-state index is 0. The van der Waals surface area contributed by atoms with Gasteiger partial charge in [0.15, 0.2) is 0 Å². The Bertz CT molecular complexity index is 1260. The van der Waals surface area contributed by atoms with Crippen LogP contribution in [0.25, 0.3) is 0 Å². The Morgan fingerprint density at radius 1 is 0.778 bits per heavy atom. The van der Waals surface area contributed by atoms with E-state index in [0.29, 0.717) is 17.3 Å². The number of anilines is 1. The zero-order valence-corrected chi connectivity index (χ0v) is 20.7. The van der Waals surface area contributed by atoms with Gasteiger partial charge in [0.1, 0.15) is 29.3 Å². The van der Waals surface area contributed by atoms with Crippen molar-refractivity contribution >= 4 is 47.2 Å². The van der Waals surface area contributed by atoms with Crippen molar-refractivity contribution in [3.05, 3.63) is 120 Å². The molecule has 0 bridgehead atoms. The van der Waals surface area contributed by atoms with E-state index in [2.05, 4.69) is 6.07 Å². The molecule has 0 atom stereocenters. The molecule has 0 unspecified atom stereocenters. The van der Waals surface area contributed by atoms with E-state index < -0.39 is 19.3 Å². The summed E-state index contributed by atoms with van der Waals surface area (Å²) in [4.78, 5) is 11.8. The monoisotopic (exact) mass is 525 g/mol. The molecule has 0 fully saturated rings. The van der Waals surface area contributed by atoms with Crippen LogP contribution in [0, 0.1) is 11.3 Å². The first-order chi connectivity index (χ1) is 16.8. The lowest BCUT2D eigenvalue weighted by Gasteiger charge is -2.28. The molecule has 0 spiro atoms. The quantitative estimate of drug-likeness (QED) is 0.315. The minimum Gasteiger partial charge on any atom is -0.318 e. The molecule has 182 valence electrons. The van der Waals surface area contributed by atoms with Gasteiger partial charge in [-0.1, -0.05) is 54.6 Å². The molecule has 8 heteroatoms. The van der Waals surface area contributed by atoms with Crippen LogP contribution in [0.4, 0.5) is 18.9 Å². The Kier molecular flexibility index (Phi) is 8.53. The number of amides is 1. The van der Waals surface area contributed by atoms with Crippen molar-refractivity contribution in [2.24, 2.45) is 0 Å². The van der Waals surface area contributed by atoms with Gasteiger partial charge in [0.2, 0.25) is 0 Å². The molecule has 0 radical (unpaired) electrons. The van der Waals surface area contributed by atoms with Gasteiger partial charge in [-0.15, -0.1) is 12.4 Å². The summed E-state index contributed by atoms with van der Waals surface area (Å²) in [6, 6.07) is 35.9. The lowest BCUT2D eigenvalue weighted by atomic mass is 10.1. The molecule has 0 heterocycles. The molecular weight excluding hydrogens is 504 g/mol. The zero-order chi connectivity index (χ0) is 24.9. The average molecular weight is 526 g/mol. The largest absolute Gasteiger partial charge is 0.471 e. The second kappa shape index (κ2) is 11.4. The Balaban J connectivity index is 0.00000361. The Hall–Kier alpha value is -3.65. The van der Waals surface area contributed by atoms with Gasteiger partial charge in [0.25, 0.3) is 0 Å². The molecule has 4 aromatic rings. The number of nitrogens with one attached hydrogen (secondary N) is 1. The summed E-state index contributed by atoms with van der Waals surface area (Å²) >= 11 is 0. The standard InChI is InChI=1S/C28H20F3N2OP.ClH/c29-28(30,31)27(34)33-26-17-16-21(19-32)18-22(26)20-35(23-10-4-1-5-11-23,24-12-6-2-7-13-24)25-14-8-3-9-15-25;/h1-18H,20H2;1H/p+1. The molecule has 4 rings (SSSR count). The van der Waals surface area contributed by atoms with E-state index in [1.54, 1.807) is 6.07 Å². The summed E-state index contributed by atoms with van der Waals surface area (Å²) in [5, 5.41) is 14.6. The zero-order valence-electron chi connectivity index (χ0n) is 18.9. The predicted octanol–water partition coefficient (Wildman–Crippen LogP) is 5.97. The van der Waals surface area contributed by atoms with Crippen LogP contribution in [-0.4, -0.2) is 12.1 Å². The number of carbonyl (C=O) groups excluding carboxylic acids is 1. The van der Waals surface area contributed by atoms with Crippen LogP contribution in [0.15, 0.2) is 109 Å². The summed E-state index contributed by atoms with van der Waals surface area (Å²) in [5.41, 5.74) is 0.808. The maximum atomic E-state index is 13.1. The van der Waals surface area contributed by atoms with Gasteiger partial charge in [0.05, 0.1) is 11.6 Å². The van der Waals surface area contributed by atoms with Crippen LogP contribution in [0.2, 0.25) is 0 Å². The van der Waals surface area contributed by atoms with Gasteiger partial charge in [-0.3, -0.25) is 4.79 Å². The number of benzene rings is 4. The highest BCUT2D eigenvalue weighted by molar-refractivity contribution is 7.95. The van der Waals surface area contributed by atoms with Crippen molar-refractivity contribution in [3.8, 4) is 6.07 Å². The van der Waals surface area contributed by atoms with E-state index in [1.165, 1.54) is 12.1 Å². The second-order valence-corrected chi connectivity index (χ2v) is 11.4. The van der Waals surface area contributed by atoms with Gasteiger partial charge < -0.3 is 5.32 Å². The van der Waals surface area contributed by atoms with E-state index in [-0.39, 0.29) is 18.1 Å². The van der Waals surface area contributed by atoms with E-state index in [4.69, 9.17) is 0 Å². The van der Waals surface area contributed by atoms with E-state index >= 15 is 0 Å². The molecule has 0 aliphatic rings. The molecule has 0 aromatic heterocycles. The average Bonchev–Trinajstić information content (AvgIpc) is 2.89. The van der Waals surface area contributed by atoms with Gasteiger partial charge in [-0.05, 0) is 54.6 Å². The number of nitriles is 1. The highest BCUT2D eigenvalue weighted by Crippen LogP contribution is 2.58. The molecule has 36 heavy (non-hydrogen) atoms. The van der Waals surface area contributed by atoms with E-state index in [9.17, 15) is 23.2 Å². The number of hydrogen-bond donors (Lipinski definition) is 1. The first kappa shape index (κ1) is 26.9. The predicted molar refractivity (Wildman–Crippen MR) is 142 cm³/mol. The van der Waals surface area contributed by atoms with Gasteiger partial charge in [-0.2, -0.15) is 18.4 Å². The highest BCUT2D eigenvalue weighted by atomic mass is 35.5. The SMILES string of the molecule is Cl.N#Cc1ccc(NC(=O)C(F)(F)F)c(C[P+](c2ccccc2)(c2ccccc2)c2ccccc2)c1. The van der Waals surface area contributed by atoms with Crippen molar-refractivity contribution in [1.29, 1.82) is 5.26 Å². The number of carbonyl (C=O) groups is 1. The third kappa shape index (κ3) is 5.60. The minimum atomic E-state index is -5.03. The molecule has 0 saturated carbocycles. The third-order valence-electron chi connectivity index (χ3n) is 5.74. The number of hydrogen-bond acceptors (Lipinski definition) is 2. The van der Waals surface area contributed by atoms with Crippen molar-refractivity contribution < 1.29 is 18.0 Å². The molecule has 1 amide bonds. The van der Waals surface area contributed by atoms with Crippen molar-refractivity contribution in [1.82, 2.24) is 0 Å². The van der Waals surface area contributed by atoms with Crippen LogP contribution >= 0.6 is 19.7 Å². The smallest absolute Gasteiger partial charge is 0.318 e. The first-order valence-corrected chi connectivity index (χ1v) is 12.8. The van der Waals surface area contributed by atoms with Crippen LogP contribution in [0.1, 0.15) is 11.1 Å². The lowest BCUT2D eigenvalue weighted by Crippen LogP contribution is -2.33. The second-order valence-electron chi connectivity index (χ2n) is 7.91. The Morgan fingerprint density at radius 2 is 1.22 bits per heavy atom. The number of nitrogens with zero attached hydrogens (tertiary/aromatic N) is 1. The van der Waals surface area contributed by atoms with Crippen LogP contribution in [0.5, 0.6) is 0 Å². The molecule has 3 nitrogen and oxygen atoms in total. The molecule has 0 aliphatic heterocycles. The van der Waals surface area contributed by atoms with E-state index in [1.807, 2.05) is 96.3 Å². The van der Waals surface area contributed by atoms with Gasteiger partial charge >= 0.3 is 12.1 Å². The van der Waals surface area contributed by atoms with Crippen LogP contribution in [-0.2, 0) is 11.0 Å². The Morgan fingerprint density at radius 3 is 1.61 bits per heavy atom. The maximum Gasteiger partial charge on any atom is 0.471 e. The summed E-state index contributed by atoms with van der Waals surface area (Å²) in [6.07, 6.45) is -4.72. The summed E-state index contributed by atoms with van der Waals surface area (Å²) in [6.45, 7) is 0. The Labute approximate surface area is 214 Å². The van der Waals surface area contributed by atoms with Gasteiger partial charge in [0, 0.05) is 11.3 Å². The first-order valence-electron chi connectivity index (χ1n) is 10.8. The summed E-state index contributed by atoms with van der Waals surface area (Å²) in [7, 11) is -2.46. The molecule has 4 aromatic carbocycles. The number of halogens is 4. The molecule has 0 aliphatic carbocycles. The van der Waals surface area contributed by atoms with E-state index in [0.717, 1.165) is 15.9 Å². The number of alkyl halides is 3. The molecule has 0 saturated heterocycles. The van der Waals surface area contributed by atoms with Crippen molar-refractivity contribution in [2.45, 2.75) is 12.3 Å². The normalized spacial score (nSPS) is 11.2. The highest BCUT2D eigenvalue weighted by Gasteiger charge is 2.46. The van der Waals surface area contributed by atoms with Crippen LogP contribution in [0.3, 0.4) is 0 Å². The van der Waals surface area contributed by atoms with Gasteiger partial charge in [-0.25, -0.2) is 0 Å². The fourth-order valence-electron chi connectivity index (χ4n) is 4.13. The maximum absolute atomic E-state index is 13.1. The van der Waals surface area contributed by atoms with Crippen molar-refractivity contribution in [3.63, 3.8) is 0 Å². The summed E-state index contributed by atoms with van der Waals surface area (Å²) in [5.74, 6) is -2.05.